The van der Waals surface area contributed by atoms with E-state index in [2.05, 4.69) is 17.1 Å². The second-order valence-electron chi connectivity index (χ2n) is 3.52. The van der Waals surface area contributed by atoms with Crippen molar-refractivity contribution in [3.05, 3.63) is 18.2 Å². The molecule has 1 aromatic rings. The number of hydrogen-bond acceptors (Lipinski definition) is 3. The average Bonchev–Trinajstić information content (AvgIpc) is 2.35. The lowest BCUT2D eigenvalue weighted by atomic mass is 10.3. The van der Waals surface area contributed by atoms with Gasteiger partial charge in [0.25, 0.3) is 0 Å². The second-order valence-corrected chi connectivity index (χ2v) is 6.19. The molecule has 0 amide bonds. The minimum absolute atomic E-state index is 0.420. The van der Waals surface area contributed by atoms with Crippen LogP contribution < -0.4 is 10.1 Å². The van der Waals surface area contributed by atoms with Crippen molar-refractivity contribution in [2.24, 2.45) is 0 Å². The lowest BCUT2D eigenvalue weighted by Gasteiger charge is -2.13. The number of methoxy groups -OCH3 is 1. The molecule has 0 aromatic heterocycles. The fraction of sp³-hybridized carbons (Fsp3) is 0.308. The molecule has 17 heavy (non-hydrogen) atoms. The molecule has 1 rings (SSSR count). The lowest BCUT2D eigenvalue weighted by molar-refractivity contribution is 0.415. The predicted octanol–water partition coefficient (Wildman–Crippen LogP) is 1.84. The highest BCUT2D eigenvalue weighted by molar-refractivity contribution is 8.00. The summed E-state index contributed by atoms with van der Waals surface area (Å²) in [5.74, 6) is 7.37. The molecule has 0 bridgehead atoms. The van der Waals surface area contributed by atoms with Gasteiger partial charge < -0.3 is 10.1 Å². The molecule has 3 nitrogen and oxygen atoms in total. The van der Waals surface area contributed by atoms with Crippen LogP contribution in [0.2, 0.25) is 0 Å². The zero-order chi connectivity index (χ0) is 12.9. The number of nitrogens with one attached hydrogen (secondary N) is 1. The Morgan fingerprint density at radius 1 is 1.59 bits per heavy atom. The molecule has 92 valence electrons. The van der Waals surface area contributed by atoms with Crippen LogP contribution in [0.25, 0.3) is 0 Å². The maximum atomic E-state index is 12.1. The van der Waals surface area contributed by atoms with E-state index in [1.165, 1.54) is 0 Å². The first-order chi connectivity index (χ1) is 8.05. The van der Waals surface area contributed by atoms with Gasteiger partial charge in [0.2, 0.25) is 0 Å². The summed E-state index contributed by atoms with van der Waals surface area (Å²) in [7, 11) is -0.650. The van der Waals surface area contributed by atoms with Crippen LogP contribution in [-0.2, 0) is 9.52 Å². The molecular weight excluding hydrogens is 234 g/mol. The molecule has 1 N–H and O–H groups in total. The predicted molar refractivity (Wildman–Crippen MR) is 74.4 cm³/mol. The van der Waals surface area contributed by atoms with Crippen molar-refractivity contribution in [3.63, 3.8) is 0 Å². The Morgan fingerprint density at radius 2 is 2.29 bits per heavy atom. The van der Waals surface area contributed by atoms with Gasteiger partial charge in [-0.3, -0.25) is 4.21 Å². The smallest absolute Gasteiger partial charge is 0.143 e. The number of rotatable bonds is 5. The molecule has 0 saturated carbocycles. The normalized spacial score (nSPS) is 13.5. The molecule has 0 heterocycles. The van der Waals surface area contributed by atoms with Crippen molar-refractivity contribution in [2.75, 3.05) is 24.7 Å². The van der Waals surface area contributed by atoms with E-state index in [0.29, 0.717) is 22.9 Å². The average molecular weight is 251 g/mol. The van der Waals surface area contributed by atoms with E-state index in [9.17, 15) is 4.21 Å². The van der Waals surface area contributed by atoms with Crippen molar-refractivity contribution in [1.82, 2.24) is 0 Å². The van der Waals surface area contributed by atoms with E-state index >= 15 is 0 Å². The molecule has 1 aromatic carbocycles. The van der Waals surface area contributed by atoms with Gasteiger partial charge in [0.15, 0.2) is 0 Å². The topological polar surface area (TPSA) is 38.3 Å². The van der Waals surface area contributed by atoms with Crippen LogP contribution in [0.1, 0.15) is 6.92 Å². The number of terminal acetylenes is 1. The minimum Gasteiger partial charge on any atom is -0.495 e. The standard InChI is InChI=1S/C13H17NO2S/c1-5-9-14-12-8-7-11(10-13(12)16-3)17(4,15)6-2/h1,7-8,10,14H,4,6,9H2,2-3H3. The number of hydrogen-bond donors (Lipinski definition) is 1. The fourth-order valence-electron chi connectivity index (χ4n) is 1.36. The van der Waals surface area contributed by atoms with Crippen LogP contribution in [0.3, 0.4) is 0 Å². The molecule has 1 atom stereocenters. The first-order valence-corrected chi connectivity index (χ1v) is 7.15. The van der Waals surface area contributed by atoms with Gasteiger partial charge in [-0.2, -0.15) is 0 Å². The Bertz CT molecular complexity index is 527. The lowest BCUT2D eigenvalue weighted by Crippen LogP contribution is -2.05. The highest BCUT2D eigenvalue weighted by Crippen LogP contribution is 2.27. The first kappa shape index (κ1) is 13.5. The van der Waals surface area contributed by atoms with Crippen molar-refractivity contribution >= 4 is 21.1 Å². The summed E-state index contributed by atoms with van der Waals surface area (Å²) in [6, 6.07) is 5.35. The van der Waals surface area contributed by atoms with Crippen LogP contribution in [0, 0.1) is 12.3 Å². The first-order valence-electron chi connectivity index (χ1n) is 5.25. The maximum absolute atomic E-state index is 12.1. The van der Waals surface area contributed by atoms with Gasteiger partial charge in [-0.25, -0.2) is 0 Å². The molecule has 0 spiro atoms. The van der Waals surface area contributed by atoms with E-state index in [0.717, 1.165) is 5.69 Å². The van der Waals surface area contributed by atoms with Gasteiger partial charge in [0.1, 0.15) is 5.75 Å². The van der Waals surface area contributed by atoms with Gasteiger partial charge in [0, 0.05) is 10.6 Å². The zero-order valence-electron chi connectivity index (χ0n) is 10.2. The van der Waals surface area contributed by atoms with Gasteiger partial charge >= 0.3 is 0 Å². The summed E-state index contributed by atoms with van der Waals surface area (Å²) in [5, 5.41) is 3.04. The van der Waals surface area contributed by atoms with E-state index in [1.807, 2.05) is 13.0 Å². The van der Waals surface area contributed by atoms with Crippen LogP contribution >= 0.6 is 0 Å². The Morgan fingerprint density at radius 3 is 2.82 bits per heavy atom. The highest BCUT2D eigenvalue weighted by Gasteiger charge is 2.09. The third kappa shape index (κ3) is 3.18. The second kappa shape index (κ2) is 5.65. The Kier molecular flexibility index (Phi) is 4.47. The summed E-state index contributed by atoms with van der Waals surface area (Å²) >= 11 is 0. The van der Waals surface area contributed by atoms with Gasteiger partial charge in [0.05, 0.1) is 19.3 Å². The molecular formula is C13H17NO2S. The quantitative estimate of drug-likeness (QED) is 0.641. The Hall–Kier alpha value is -1.60. The third-order valence-corrected chi connectivity index (χ3v) is 4.50. The fourth-order valence-corrected chi connectivity index (χ4v) is 2.33. The number of anilines is 1. The van der Waals surface area contributed by atoms with Crippen LogP contribution in [0.5, 0.6) is 5.75 Å². The number of ether oxygens (including phenoxy) is 1. The van der Waals surface area contributed by atoms with Crippen LogP contribution in [0.4, 0.5) is 5.69 Å². The molecule has 0 aliphatic carbocycles. The van der Waals surface area contributed by atoms with E-state index < -0.39 is 9.52 Å². The largest absolute Gasteiger partial charge is 0.495 e. The van der Waals surface area contributed by atoms with Crippen molar-refractivity contribution in [2.45, 2.75) is 11.8 Å². The molecule has 0 radical (unpaired) electrons. The molecule has 1 unspecified atom stereocenters. The summed E-state index contributed by atoms with van der Waals surface area (Å²) in [5.41, 5.74) is 0.792. The Balaban J connectivity index is 3.14. The summed E-state index contributed by atoms with van der Waals surface area (Å²) in [4.78, 5) is 0.697. The maximum Gasteiger partial charge on any atom is 0.143 e. The molecule has 0 fully saturated rings. The van der Waals surface area contributed by atoms with Gasteiger partial charge in [-0.05, 0) is 33.6 Å². The molecule has 0 saturated heterocycles. The molecule has 0 aliphatic rings. The van der Waals surface area contributed by atoms with Crippen LogP contribution in [0.15, 0.2) is 23.1 Å². The zero-order valence-corrected chi connectivity index (χ0v) is 11.0. The van der Waals surface area contributed by atoms with Gasteiger partial charge in [-0.1, -0.05) is 12.8 Å². The van der Waals surface area contributed by atoms with Crippen molar-refractivity contribution in [3.8, 4) is 18.1 Å². The minimum atomic E-state index is -2.22. The summed E-state index contributed by atoms with van der Waals surface area (Å²) in [6.45, 7) is 2.27. The SMILES string of the molecule is C#CCNc1ccc(S(=C)(=O)CC)cc1OC. The third-order valence-electron chi connectivity index (χ3n) is 2.45. The van der Waals surface area contributed by atoms with Crippen molar-refractivity contribution in [1.29, 1.82) is 0 Å². The monoisotopic (exact) mass is 251 g/mol. The van der Waals surface area contributed by atoms with Crippen molar-refractivity contribution < 1.29 is 8.95 Å². The van der Waals surface area contributed by atoms with E-state index in [1.54, 1.807) is 19.2 Å². The van der Waals surface area contributed by atoms with E-state index in [4.69, 9.17) is 11.2 Å². The van der Waals surface area contributed by atoms with E-state index in [-0.39, 0.29) is 0 Å². The summed E-state index contributed by atoms with van der Waals surface area (Å²) in [6.07, 6.45) is 5.18. The number of benzene rings is 1. The van der Waals surface area contributed by atoms with Gasteiger partial charge in [-0.15, -0.1) is 6.42 Å². The summed E-state index contributed by atoms with van der Waals surface area (Å²) < 4.78 is 17.4. The molecule has 4 heteroatoms. The highest BCUT2D eigenvalue weighted by atomic mass is 32.2. The van der Waals surface area contributed by atoms with Crippen LogP contribution in [-0.4, -0.2) is 29.5 Å². The Labute approximate surface area is 103 Å². The molecule has 0 aliphatic heterocycles.